The largest absolute Gasteiger partial charge is 0.316 e. The molecule has 1 aromatic carbocycles. The first kappa shape index (κ1) is 13.0. The molecule has 1 N–H and O–H groups in total. The van der Waals surface area contributed by atoms with Crippen LogP contribution in [-0.2, 0) is 6.42 Å². The highest BCUT2D eigenvalue weighted by atomic mass is 14.9. The second-order valence-electron chi connectivity index (χ2n) is 5.91. The lowest BCUT2D eigenvalue weighted by molar-refractivity contribution is 0.278. The molecule has 2 aromatic rings. The standard InChI is InChI=1S/C16H22N2/c1-16(2,3)15(17-4)11-13-10-9-12-7-5-6-8-14(12)18-13/h5-10,15,17H,11H2,1-4H3. The van der Waals surface area contributed by atoms with Gasteiger partial charge in [-0.2, -0.15) is 0 Å². The Kier molecular flexibility index (Phi) is 3.67. The van der Waals surface area contributed by atoms with Crippen LogP contribution < -0.4 is 5.32 Å². The van der Waals surface area contributed by atoms with Crippen LogP contribution in [0.5, 0.6) is 0 Å². The monoisotopic (exact) mass is 242 g/mol. The summed E-state index contributed by atoms with van der Waals surface area (Å²) in [4.78, 5) is 4.74. The van der Waals surface area contributed by atoms with Gasteiger partial charge in [-0.25, -0.2) is 0 Å². The Balaban J connectivity index is 2.26. The van der Waals surface area contributed by atoms with E-state index in [9.17, 15) is 0 Å². The van der Waals surface area contributed by atoms with Crippen molar-refractivity contribution in [1.82, 2.24) is 10.3 Å². The van der Waals surface area contributed by atoms with E-state index in [-0.39, 0.29) is 5.41 Å². The normalized spacial score (nSPS) is 13.8. The van der Waals surface area contributed by atoms with Crippen LogP contribution in [0.1, 0.15) is 26.5 Å². The molecule has 0 spiro atoms. The molecule has 0 saturated heterocycles. The summed E-state index contributed by atoms with van der Waals surface area (Å²) < 4.78 is 0. The maximum atomic E-state index is 4.74. The number of aromatic nitrogens is 1. The van der Waals surface area contributed by atoms with Crippen LogP contribution in [0.2, 0.25) is 0 Å². The minimum atomic E-state index is 0.238. The van der Waals surface area contributed by atoms with Gasteiger partial charge in [-0.05, 0) is 24.6 Å². The number of pyridine rings is 1. The van der Waals surface area contributed by atoms with Crippen LogP contribution in [0, 0.1) is 5.41 Å². The summed E-state index contributed by atoms with van der Waals surface area (Å²) in [6.45, 7) is 6.78. The van der Waals surface area contributed by atoms with Crippen LogP contribution in [0.4, 0.5) is 0 Å². The third kappa shape index (κ3) is 2.88. The Bertz CT molecular complexity index is 526. The van der Waals surface area contributed by atoms with Crippen molar-refractivity contribution in [3.8, 4) is 0 Å². The molecule has 1 atom stereocenters. The van der Waals surface area contributed by atoms with Gasteiger partial charge in [0.05, 0.1) is 5.52 Å². The number of para-hydroxylation sites is 1. The van der Waals surface area contributed by atoms with Crippen LogP contribution in [0.3, 0.4) is 0 Å². The van der Waals surface area contributed by atoms with Gasteiger partial charge in [0.15, 0.2) is 0 Å². The zero-order chi connectivity index (χ0) is 13.2. The first-order valence-corrected chi connectivity index (χ1v) is 6.52. The zero-order valence-electron chi connectivity index (χ0n) is 11.7. The molecule has 0 bridgehead atoms. The highest BCUT2D eigenvalue weighted by Gasteiger charge is 2.23. The molecule has 1 aromatic heterocycles. The van der Waals surface area contributed by atoms with E-state index >= 15 is 0 Å². The molecular weight excluding hydrogens is 220 g/mol. The maximum absolute atomic E-state index is 4.74. The number of rotatable bonds is 3. The van der Waals surface area contributed by atoms with Crippen LogP contribution in [-0.4, -0.2) is 18.1 Å². The van der Waals surface area contributed by atoms with E-state index in [1.54, 1.807) is 0 Å². The van der Waals surface area contributed by atoms with E-state index in [4.69, 9.17) is 4.98 Å². The molecule has 0 aliphatic rings. The topological polar surface area (TPSA) is 24.9 Å². The number of nitrogens with one attached hydrogen (secondary N) is 1. The third-order valence-corrected chi connectivity index (χ3v) is 3.46. The minimum Gasteiger partial charge on any atom is -0.316 e. The summed E-state index contributed by atoms with van der Waals surface area (Å²) >= 11 is 0. The van der Waals surface area contributed by atoms with Crippen molar-refractivity contribution in [3.05, 3.63) is 42.1 Å². The summed E-state index contributed by atoms with van der Waals surface area (Å²) in [5.74, 6) is 0. The lowest BCUT2D eigenvalue weighted by atomic mass is 9.84. The summed E-state index contributed by atoms with van der Waals surface area (Å²) in [6.07, 6.45) is 0.963. The van der Waals surface area contributed by atoms with Gasteiger partial charge in [-0.1, -0.05) is 45.0 Å². The number of hydrogen-bond acceptors (Lipinski definition) is 2. The molecule has 1 unspecified atom stereocenters. The molecule has 0 saturated carbocycles. The Labute approximate surface area is 109 Å². The quantitative estimate of drug-likeness (QED) is 0.892. The van der Waals surface area contributed by atoms with Gasteiger partial charge < -0.3 is 5.32 Å². The van der Waals surface area contributed by atoms with Crippen molar-refractivity contribution >= 4 is 10.9 Å². The smallest absolute Gasteiger partial charge is 0.0705 e. The summed E-state index contributed by atoms with van der Waals surface area (Å²) in [6, 6.07) is 13.0. The van der Waals surface area contributed by atoms with E-state index in [0.29, 0.717) is 6.04 Å². The van der Waals surface area contributed by atoms with Crippen molar-refractivity contribution < 1.29 is 0 Å². The minimum absolute atomic E-state index is 0.238. The molecule has 2 rings (SSSR count). The molecule has 2 heteroatoms. The van der Waals surface area contributed by atoms with E-state index in [1.165, 1.54) is 5.39 Å². The summed E-state index contributed by atoms with van der Waals surface area (Å²) in [5.41, 5.74) is 2.48. The molecular formula is C16H22N2. The van der Waals surface area contributed by atoms with Crippen LogP contribution in [0.15, 0.2) is 36.4 Å². The molecule has 0 radical (unpaired) electrons. The van der Waals surface area contributed by atoms with Gasteiger partial charge in [0.2, 0.25) is 0 Å². The predicted molar refractivity (Wildman–Crippen MR) is 77.7 cm³/mol. The van der Waals surface area contributed by atoms with E-state index in [1.807, 2.05) is 13.1 Å². The van der Waals surface area contributed by atoms with E-state index in [2.05, 4.69) is 56.4 Å². The molecule has 2 nitrogen and oxygen atoms in total. The number of likely N-dealkylation sites (N-methyl/N-ethyl adjacent to an activating group) is 1. The van der Waals surface area contributed by atoms with Crippen LogP contribution >= 0.6 is 0 Å². The van der Waals surface area contributed by atoms with Crippen molar-refractivity contribution in [3.63, 3.8) is 0 Å². The lowest BCUT2D eigenvalue weighted by Gasteiger charge is -2.30. The number of hydrogen-bond donors (Lipinski definition) is 1. The second kappa shape index (κ2) is 5.07. The van der Waals surface area contributed by atoms with Crippen LogP contribution in [0.25, 0.3) is 10.9 Å². The average Bonchev–Trinajstić information content (AvgIpc) is 2.34. The van der Waals surface area contributed by atoms with Gasteiger partial charge in [0, 0.05) is 23.5 Å². The SMILES string of the molecule is CNC(Cc1ccc2ccccc2n1)C(C)(C)C. The molecule has 0 amide bonds. The molecule has 96 valence electrons. The molecule has 0 aliphatic carbocycles. The highest BCUT2D eigenvalue weighted by Crippen LogP contribution is 2.22. The first-order valence-electron chi connectivity index (χ1n) is 6.52. The van der Waals surface area contributed by atoms with Gasteiger partial charge >= 0.3 is 0 Å². The van der Waals surface area contributed by atoms with Crippen molar-refractivity contribution in [2.45, 2.75) is 33.2 Å². The Morgan fingerprint density at radius 2 is 1.83 bits per heavy atom. The van der Waals surface area contributed by atoms with Gasteiger partial charge in [-0.15, -0.1) is 0 Å². The van der Waals surface area contributed by atoms with Crippen molar-refractivity contribution in [1.29, 1.82) is 0 Å². The lowest BCUT2D eigenvalue weighted by Crippen LogP contribution is -2.39. The van der Waals surface area contributed by atoms with Gasteiger partial charge in [-0.3, -0.25) is 4.98 Å². The van der Waals surface area contributed by atoms with Crippen molar-refractivity contribution in [2.24, 2.45) is 5.41 Å². The zero-order valence-corrected chi connectivity index (χ0v) is 11.7. The molecule has 1 heterocycles. The summed E-state index contributed by atoms with van der Waals surface area (Å²) in [7, 11) is 2.02. The fraction of sp³-hybridized carbons (Fsp3) is 0.438. The molecule has 0 aliphatic heterocycles. The Morgan fingerprint density at radius 3 is 2.50 bits per heavy atom. The van der Waals surface area contributed by atoms with Crippen molar-refractivity contribution in [2.75, 3.05) is 7.05 Å². The second-order valence-corrected chi connectivity index (χ2v) is 5.91. The molecule has 0 fully saturated rings. The summed E-state index contributed by atoms with van der Waals surface area (Å²) in [5, 5.41) is 4.61. The maximum Gasteiger partial charge on any atom is 0.0705 e. The average molecular weight is 242 g/mol. The molecule has 18 heavy (non-hydrogen) atoms. The Morgan fingerprint density at radius 1 is 1.11 bits per heavy atom. The van der Waals surface area contributed by atoms with E-state index in [0.717, 1.165) is 17.6 Å². The fourth-order valence-corrected chi connectivity index (χ4v) is 2.27. The predicted octanol–water partition coefficient (Wildman–Crippen LogP) is 3.41. The van der Waals surface area contributed by atoms with Gasteiger partial charge in [0.1, 0.15) is 0 Å². The van der Waals surface area contributed by atoms with E-state index < -0.39 is 0 Å². The van der Waals surface area contributed by atoms with Gasteiger partial charge in [0.25, 0.3) is 0 Å². The Hall–Kier alpha value is -1.41. The third-order valence-electron chi connectivity index (χ3n) is 3.46. The fourth-order valence-electron chi connectivity index (χ4n) is 2.27. The highest BCUT2D eigenvalue weighted by molar-refractivity contribution is 5.78. The number of benzene rings is 1. The number of fused-ring (bicyclic) bond motifs is 1. The number of nitrogens with zero attached hydrogens (tertiary/aromatic N) is 1. The first-order chi connectivity index (χ1) is 8.50.